The molecular formula is C15H21FN2O3. The summed E-state index contributed by atoms with van der Waals surface area (Å²) in [5.41, 5.74) is 6.22. The predicted molar refractivity (Wildman–Crippen MR) is 77.1 cm³/mol. The van der Waals surface area contributed by atoms with Gasteiger partial charge in [0.15, 0.2) is 0 Å². The highest BCUT2D eigenvalue weighted by Crippen LogP contribution is 2.08. The zero-order chi connectivity index (χ0) is 16.0. The summed E-state index contributed by atoms with van der Waals surface area (Å²) in [4.78, 5) is 23.1. The Morgan fingerprint density at radius 1 is 1.38 bits per heavy atom. The normalized spacial score (nSPS) is 13.8. The third-order valence-corrected chi connectivity index (χ3v) is 3.01. The number of rotatable bonds is 7. The summed E-state index contributed by atoms with van der Waals surface area (Å²) in [7, 11) is 0. The second kappa shape index (κ2) is 7.73. The molecule has 116 valence electrons. The summed E-state index contributed by atoms with van der Waals surface area (Å²) in [6, 6.07) is 3.75. The quantitative estimate of drug-likeness (QED) is 0.707. The number of benzene rings is 1. The van der Waals surface area contributed by atoms with Gasteiger partial charge < -0.3 is 16.2 Å². The van der Waals surface area contributed by atoms with Gasteiger partial charge in [-0.05, 0) is 30.0 Å². The summed E-state index contributed by atoms with van der Waals surface area (Å²) < 4.78 is 13.1. The molecule has 0 aliphatic carbocycles. The number of carboxylic acid groups (broad SMARTS) is 1. The maximum Gasteiger partial charge on any atom is 0.326 e. The summed E-state index contributed by atoms with van der Waals surface area (Å²) >= 11 is 0. The summed E-state index contributed by atoms with van der Waals surface area (Å²) in [6.07, 6.45) is 0.478. The Morgan fingerprint density at radius 2 is 2.05 bits per heavy atom. The van der Waals surface area contributed by atoms with Crippen LogP contribution in [0.5, 0.6) is 0 Å². The van der Waals surface area contributed by atoms with Gasteiger partial charge in [0.25, 0.3) is 0 Å². The van der Waals surface area contributed by atoms with Gasteiger partial charge in [-0.15, -0.1) is 0 Å². The molecule has 2 atom stereocenters. The van der Waals surface area contributed by atoms with E-state index in [0.29, 0.717) is 12.0 Å². The highest BCUT2D eigenvalue weighted by atomic mass is 19.1. The maximum atomic E-state index is 13.1. The van der Waals surface area contributed by atoms with Crippen molar-refractivity contribution in [2.24, 2.45) is 11.7 Å². The average molecular weight is 296 g/mol. The number of halogens is 1. The zero-order valence-corrected chi connectivity index (χ0v) is 12.2. The van der Waals surface area contributed by atoms with Gasteiger partial charge in [0.1, 0.15) is 11.9 Å². The van der Waals surface area contributed by atoms with E-state index in [1.165, 1.54) is 18.2 Å². The van der Waals surface area contributed by atoms with Gasteiger partial charge in [-0.3, -0.25) is 4.79 Å². The predicted octanol–water partition coefficient (Wildman–Crippen LogP) is 1.31. The SMILES string of the molecule is CC(C)C[C@H](N)C(=O)NC(Cc1cccc(F)c1)C(=O)O. The van der Waals surface area contributed by atoms with Crippen LogP contribution < -0.4 is 11.1 Å². The second-order valence-electron chi connectivity index (χ2n) is 5.47. The molecule has 1 unspecified atom stereocenters. The van der Waals surface area contributed by atoms with E-state index in [4.69, 9.17) is 10.8 Å². The maximum absolute atomic E-state index is 13.1. The van der Waals surface area contributed by atoms with Crippen molar-refractivity contribution in [3.8, 4) is 0 Å². The van der Waals surface area contributed by atoms with Crippen molar-refractivity contribution < 1.29 is 19.1 Å². The second-order valence-corrected chi connectivity index (χ2v) is 5.47. The van der Waals surface area contributed by atoms with E-state index in [1.54, 1.807) is 6.07 Å². The lowest BCUT2D eigenvalue weighted by molar-refractivity contribution is -0.142. The van der Waals surface area contributed by atoms with E-state index in [9.17, 15) is 14.0 Å². The Balaban J connectivity index is 2.70. The molecule has 0 spiro atoms. The molecule has 4 N–H and O–H groups in total. The topological polar surface area (TPSA) is 92.4 Å². The van der Waals surface area contributed by atoms with Crippen LogP contribution in [-0.4, -0.2) is 29.1 Å². The van der Waals surface area contributed by atoms with Crippen LogP contribution in [0.3, 0.4) is 0 Å². The molecule has 0 aliphatic heterocycles. The van der Waals surface area contributed by atoms with Gasteiger partial charge in [-0.25, -0.2) is 9.18 Å². The molecule has 0 saturated heterocycles. The van der Waals surface area contributed by atoms with E-state index in [-0.39, 0.29) is 12.3 Å². The van der Waals surface area contributed by atoms with Gasteiger partial charge in [0.05, 0.1) is 6.04 Å². The first kappa shape index (κ1) is 17.1. The van der Waals surface area contributed by atoms with E-state index >= 15 is 0 Å². The van der Waals surface area contributed by atoms with Crippen LogP contribution in [0.15, 0.2) is 24.3 Å². The number of hydrogen-bond acceptors (Lipinski definition) is 3. The molecule has 21 heavy (non-hydrogen) atoms. The van der Waals surface area contributed by atoms with Crippen LogP contribution >= 0.6 is 0 Å². The van der Waals surface area contributed by atoms with Crippen LogP contribution in [-0.2, 0) is 16.0 Å². The van der Waals surface area contributed by atoms with Crippen molar-refractivity contribution in [1.29, 1.82) is 0 Å². The fourth-order valence-electron chi connectivity index (χ4n) is 1.99. The van der Waals surface area contributed by atoms with Crippen molar-refractivity contribution in [3.63, 3.8) is 0 Å². The summed E-state index contributed by atoms with van der Waals surface area (Å²) in [5.74, 6) is -1.89. The summed E-state index contributed by atoms with van der Waals surface area (Å²) in [5, 5.41) is 11.6. The minimum atomic E-state index is -1.18. The van der Waals surface area contributed by atoms with Crippen LogP contribution in [0.2, 0.25) is 0 Å². The Kier molecular flexibility index (Phi) is 6.30. The Morgan fingerprint density at radius 3 is 2.57 bits per heavy atom. The number of nitrogens with two attached hydrogens (primary N) is 1. The van der Waals surface area contributed by atoms with Crippen LogP contribution in [0.4, 0.5) is 4.39 Å². The number of hydrogen-bond donors (Lipinski definition) is 3. The first-order valence-corrected chi connectivity index (χ1v) is 6.82. The van der Waals surface area contributed by atoms with E-state index in [1.807, 2.05) is 13.8 Å². The minimum Gasteiger partial charge on any atom is -0.480 e. The molecule has 0 saturated carbocycles. The van der Waals surface area contributed by atoms with E-state index < -0.39 is 29.8 Å². The van der Waals surface area contributed by atoms with Crippen LogP contribution in [0.25, 0.3) is 0 Å². The molecule has 6 heteroatoms. The lowest BCUT2D eigenvalue weighted by Crippen LogP contribution is -2.49. The first-order valence-electron chi connectivity index (χ1n) is 6.82. The molecule has 0 radical (unpaired) electrons. The third-order valence-electron chi connectivity index (χ3n) is 3.01. The van der Waals surface area contributed by atoms with Gasteiger partial charge in [-0.2, -0.15) is 0 Å². The van der Waals surface area contributed by atoms with Crippen molar-refractivity contribution in [3.05, 3.63) is 35.6 Å². The van der Waals surface area contributed by atoms with Crippen molar-refractivity contribution >= 4 is 11.9 Å². The molecule has 0 heterocycles. The van der Waals surface area contributed by atoms with Crippen LogP contribution in [0, 0.1) is 11.7 Å². The molecule has 1 aromatic carbocycles. The van der Waals surface area contributed by atoms with Crippen molar-refractivity contribution in [1.82, 2.24) is 5.32 Å². The lowest BCUT2D eigenvalue weighted by atomic mass is 10.0. The van der Waals surface area contributed by atoms with Crippen molar-refractivity contribution in [2.45, 2.75) is 38.8 Å². The number of carbonyl (C=O) groups excluding carboxylic acids is 1. The zero-order valence-electron chi connectivity index (χ0n) is 12.2. The average Bonchev–Trinajstić information content (AvgIpc) is 2.36. The highest BCUT2D eigenvalue weighted by molar-refractivity contribution is 5.86. The molecular weight excluding hydrogens is 275 g/mol. The minimum absolute atomic E-state index is 0.00717. The molecule has 0 bridgehead atoms. The molecule has 5 nitrogen and oxygen atoms in total. The molecule has 1 amide bonds. The number of carboxylic acids is 1. The lowest BCUT2D eigenvalue weighted by Gasteiger charge is -2.19. The monoisotopic (exact) mass is 296 g/mol. The van der Waals surface area contributed by atoms with E-state index in [0.717, 1.165) is 0 Å². The van der Waals surface area contributed by atoms with E-state index in [2.05, 4.69) is 5.32 Å². The number of aliphatic carboxylic acids is 1. The molecule has 1 rings (SSSR count). The number of amides is 1. The molecule has 1 aromatic rings. The van der Waals surface area contributed by atoms with Gasteiger partial charge >= 0.3 is 5.97 Å². The van der Waals surface area contributed by atoms with Gasteiger partial charge in [0.2, 0.25) is 5.91 Å². The smallest absolute Gasteiger partial charge is 0.326 e. The summed E-state index contributed by atoms with van der Waals surface area (Å²) in [6.45, 7) is 3.85. The van der Waals surface area contributed by atoms with Crippen LogP contribution in [0.1, 0.15) is 25.8 Å². The van der Waals surface area contributed by atoms with Gasteiger partial charge in [-0.1, -0.05) is 26.0 Å². The van der Waals surface area contributed by atoms with Crippen molar-refractivity contribution in [2.75, 3.05) is 0 Å². The fraction of sp³-hybridized carbons (Fsp3) is 0.467. The fourth-order valence-corrected chi connectivity index (χ4v) is 1.99. The third kappa shape index (κ3) is 5.91. The Bertz CT molecular complexity index is 505. The highest BCUT2D eigenvalue weighted by Gasteiger charge is 2.24. The molecule has 0 aliphatic rings. The Hall–Kier alpha value is -1.95. The molecule has 0 aromatic heterocycles. The molecule has 0 fully saturated rings. The van der Waals surface area contributed by atoms with Gasteiger partial charge in [0, 0.05) is 6.42 Å². The standard InChI is InChI=1S/C15H21FN2O3/c1-9(2)6-12(17)14(19)18-13(15(20)21)8-10-4-3-5-11(16)7-10/h3-5,7,9,12-13H,6,8,17H2,1-2H3,(H,18,19)(H,20,21)/t12-,13?/m0/s1. The number of nitrogens with one attached hydrogen (secondary N) is 1. The largest absolute Gasteiger partial charge is 0.480 e. The first-order chi connectivity index (χ1) is 9.79. The Labute approximate surface area is 123 Å². The number of carbonyl (C=O) groups is 2.